The van der Waals surface area contributed by atoms with Crippen LogP contribution in [0.4, 0.5) is 0 Å². The second-order valence-electron chi connectivity index (χ2n) is 5.34. The Balaban J connectivity index is 1.88. The van der Waals surface area contributed by atoms with Crippen molar-refractivity contribution in [3.63, 3.8) is 0 Å². The molecule has 0 spiro atoms. The molecule has 1 unspecified atom stereocenters. The van der Waals surface area contributed by atoms with Crippen LogP contribution < -0.4 is 14.8 Å². The van der Waals surface area contributed by atoms with Gasteiger partial charge in [0, 0.05) is 0 Å². The van der Waals surface area contributed by atoms with Crippen molar-refractivity contribution in [3.8, 4) is 11.5 Å². The molecule has 0 bridgehead atoms. The molecular formula is C18H20ClNO3. The van der Waals surface area contributed by atoms with Gasteiger partial charge in [-0.3, -0.25) is 4.79 Å². The van der Waals surface area contributed by atoms with Crippen LogP contribution in [-0.4, -0.2) is 25.7 Å². The number of carbonyl (C=O) groups excluding carboxylic acids is 1. The molecule has 0 saturated carbocycles. The van der Waals surface area contributed by atoms with Gasteiger partial charge >= 0.3 is 0 Å². The number of hydrogen-bond donors (Lipinski definition) is 1. The maximum Gasteiger partial charge on any atom is 0.253 e. The lowest BCUT2D eigenvalue weighted by atomic mass is 10.1. The smallest absolute Gasteiger partial charge is 0.253 e. The quantitative estimate of drug-likeness (QED) is 0.873. The van der Waals surface area contributed by atoms with Crippen molar-refractivity contribution >= 4 is 17.5 Å². The Kier molecular flexibility index (Phi) is 5.88. The fourth-order valence-corrected chi connectivity index (χ4v) is 2.36. The van der Waals surface area contributed by atoms with E-state index in [0.717, 1.165) is 17.1 Å². The van der Waals surface area contributed by atoms with Gasteiger partial charge in [0.05, 0.1) is 23.7 Å². The summed E-state index contributed by atoms with van der Waals surface area (Å²) in [5.41, 5.74) is 1.48. The van der Waals surface area contributed by atoms with Gasteiger partial charge < -0.3 is 14.8 Å². The first-order valence-electron chi connectivity index (χ1n) is 7.33. The highest BCUT2D eigenvalue weighted by Crippen LogP contribution is 2.18. The largest absolute Gasteiger partial charge is 0.497 e. The highest BCUT2D eigenvalue weighted by Gasteiger charge is 2.13. The van der Waals surface area contributed by atoms with E-state index in [1.54, 1.807) is 19.2 Å². The molecule has 0 heterocycles. The summed E-state index contributed by atoms with van der Waals surface area (Å²) >= 11 is 6.11. The van der Waals surface area contributed by atoms with Crippen molar-refractivity contribution in [1.82, 2.24) is 5.32 Å². The van der Waals surface area contributed by atoms with Crippen LogP contribution in [0.1, 0.15) is 22.8 Å². The van der Waals surface area contributed by atoms with E-state index in [0.29, 0.717) is 17.2 Å². The van der Waals surface area contributed by atoms with E-state index in [2.05, 4.69) is 5.32 Å². The van der Waals surface area contributed by atoms with Crippen LogP contribution in [0.2, 0.25) is 5.02 Å². The van der Waals surface area contributed by atoms with E-state index < -0.39 is 0 Å². The first-order valence-corrected chi connectivity index (χ1v) is 7.71. The minimum Gasteiger partial charge on any atom is -0.497 e. The zero-order valence-electron chi connectivity index (χ0n) is 13.4. The van der Waals surface area contributed by atoms with Gasteiger partial charge in [0.2, 0.25) is 0 Å². The van der Waals surface area contributed by atoms with Gasteiger partial charge in [0.15, 0.2) is 0 Å². The summed E-state index contributed by atoms with van der Waals surface area (Å²) in [6.07, 6.45) is 0. The predicted molar refractivity (Wildman–Crippen MR) is 91.6 cm³/mol. The molecule has 2 aromatic rings. The average Bonchev–Trinajstić information content (AvgIpc) is 2.53. The SMILES string of the molecule is COc1ccc(OCC(C)NC(=O)c2ccc(C)cc2Cl)cc1. The zero-order valence-corrected chi connectivity index (χ0v) is 14.2. The Hall–Kier alpha value is -2.20. The maximum atomic E-state index is 12.2. The third-order valence-corrected chi connectivity index (χ3v) is 3.62. The number of amides is 1. The molecule has 2 aromatic carbocycles. The summed E-state index contributed by atoms with van der Waals surface area (Å²) < 4.78 is 10.7. The monoisotopic (exact) mass is 333 g/mol. The van der Waals surface area contributed by atoms with Gasteiger partial charge in [-0.2, -0.15) is 0 Å². The third kappa shape index (κ3) is 4.89. The minimum absolute atomic E-state index is 0.151. The highest BCUT2D eigenvalue weighted by molar-refractivity contribution is 6.33. The molecule has 0 radical (unpaired) electrons. The van der Waals surface area contributed by atoms with E-state index in [4.69, 9.17) is 21.1 Å². The molecular weight excluding hydrogens is 314 g/mol. The van der Waals surface area contributed by atoms with Crippen LogP contribution in [0, 0.1) is 6.92 Å². The van der Waals surface area contributed by atoms with Crippen LogP contribution in [0.15, 0.2) is 42.5 Å². The lowest BCUT2D eigenvalue weighted by Gasteiger charge is -2.16. The summed E-state index contributed by atoms with van der Waals surface area (Å²) in [6.45, 7) is 4.17. The summed E-state index contributed by atoms with van der Waals surface area (Å²) in [7, 11) is 1.61. The number of benzene rings is 2. The van der Waals surface area contributed by atoms with Crippen LogP contribution in [0.25, 0.3) is 0 Å². The van der Waals surface area contributed by atoms with Crippen LogP contribution >= 0.6 is 11.6 Å². The molecule has 0 aliphatic carbocycles. The molecule has 1 atom stereocenters. The van der Waals surface area contributed by atoms with Crippen LogP contribution in [-0.2, 0) is 0 Å². The first-order chi connectivity index (χ1) is 11.0. The lowest BCUT2D eigenvalue weighted by Crippen LogP contribution is -2.36. The molecule has 0 saturated heterocycles. The Bertz CT molecular complexity index is 670. The molecule has 2 rings (SSSR count). The van der Waals surface area contributed by atoms with E-state index in [1.807, 2.05) is 44.2 Å². The summed E-state index contributed by atoms with van der Waals surface area (Å²) in [5, 5.41) is 3.33. The number of halogens is 1. The zero-order chi connectivity index (χ0) is 16.8. The predicted octanol–water partition coefficient (Wildman–Crippen LogP) is 3.85. The number of carbonyl (C=O) groups is 1. The summed E-state index contributed by atoms with van der Waals surface area (Å²) in [4.78, 5) is 12.2. The highest BCUT2D eigenvalue weighted by atomic mass is 35.5. The average molecular weight is 334 g/mol. The number of nitrogens with one attached hydrogen (secondary N) is 1. The Morgan fingerprint density at radius 1 is 1.17 bits per heavy atom. The van der Waals surface area contributed by atoms with Crippen LogP contribution in [0.3, 0.4) is 0 Å². The van der Waals surface area contributed by atoms with Crippen LogP contribution in [0.5, 0.6) is 11.5 Å². The van der Waals surface area contributed by atoms with Crippen molar-refractivity contribution < 1.29 is 14.3 Å². The van der Waals surface area contributed by atoms with Gasteiger partial charge in [0.25, 0.3) is 5.91 Å². The van der Waals surface area contributed by atoms with Crippen molar-refractivity contribution in [2.75, 3.05) is 13.7 Å². The lowest BCUT2D eigenvalue weighted by molar-refractivity contribution is 0.0927. The summed E-state index contributed by atoms with van der Waals surface area (Å²) in [6, 6.07) is 12.5. The molecule has 122 valence electrons. The summed E-state index contributed by atoms with van der Waals surface area (Å²) in [5.74, 6) is 1.29. The van der Waals surface area contributed by atoms with Gasteiger partial charge in [-0.1, -0.05) is 17.7 Å². The van der Waals surface area contributed by atoms with E-state index in [1.165, 1.54) is 0 Å². The van der Waals surface area contributed by atoms with Crippen molar-refractivity contribution in [3.05, 3.63) is 58.6 Å². The standard InChI is InChI=1S/C18H20ClNO3/c1-12-4-9-16(17(19)10-12)18(21)20-13(2)11-23-15-7-5-14(22-3)6-8-15/h4-10,13H,11H2,1-3H3,(H,20,21). The van der Waals surface area contributed by atoms with E-state index in [9.17, 15) is 4.79 Å². The number of aryl methyl sites for hydroxylation is 1. The number of rotatable bonds is 6. The molecule has 1 N–H and O–H groups in total. The first kappa shape index (κ1) is 17.2. The molecule has 4 nitrogen and oxygen atoms in total. The number of ether oxygens (including phenoxy) is 2. The second-order valence-corrected chi connectivity index (χ2v) is 5.75. The Labute approximate surface area is 141 Å². The van der Waals surface area contributed by atoms with Gasteiger partial charge in [-0.25, -0.2) is 0 Å². The van der Waals surface area contributed by atoms with E-state index in [-0.39, 0.29) is 11.9 Å². The fourth-order valence-electron chi connectivity index (χ4n) is 2.04. The topological polar surface area (TPSA) is 47.6 Å². The normalized spacial score (nSPS) is 11.7. The molecule has 5 heteroatoms. The van der Waals surface area contributed by atoms with Gasteiger partial charge in [0.1, 0.15) is 18.1 Å². The molecule has 0 aliphatic rings. The minimum atomic E-state index is -0.208. The van der Waals surface area contributed by atoms with Crippen molar-refractivity contribution in [2.24, 2.45) is 0 Å². The Morgan fingerprint density at radius 2 is 1.83 bits per heavy atom. The maximum absolute atomic E-state index is 12.2. The van der Waals surface area contributed by atoms with Crippen molar-refractivity contribution in [1.29, 1.82) is 0 Å². The second kappa shape index (κ2) is 7.88. The van der Waals surface area contributed by atoms with Gasteiger partial charge in [-0.15, -0.1) is 0 Å². The molecule has 1 amide bonds. The number of methoxy groups -OCH3 is 1. The van der Waals surface area contributed by atoms with Crippen molar-refractivity contribution in [2.45, 2.75) is 19.9 Å². The molecule has 0 aromatic heterocycles. The third-order valence-electron chi connectivity index (χ3n) is 3.31. The molecule has 0 aliphatic heterocycles. The fraction of sp³-hybridized carbons (Fsp3) is 0.278. The Morgan fingerprint density at radius 3 is 2.43 bits per heavy atom. The van der Waals surface area contributed by atoms with E-state index >= 15 is 0 Å². The molecule has 23 heavy (non-hydrogen) atoms. The van der Waals surface area contributed by atoms with Gasteiger partial charge in [-0.05, 0) is 55.8 Å². The number of hydrogen-bond acceptors (Lipinski definition) is 3. The molecule has 0 fully saturated rings.